The number of benzene rings is 1. The summed E-state index contributed by atoms with van der Waals surface area (Å²) in [5.41, 5.74) is 2.94. The molecule has 0 unspecified atom stereocenters. The number of rotatable bonds is 10. The van der Waals surface area contributed by atoms with Crippen LogP contribution in [0.5, 0.6) is 0 Å². The standard InChI is InChI=1S/C19H25N3O3S/c1-3-4-5-10-20-15(18(24)25)11-17(23)22-19-21-16(12-26-19)14-8-6-13(2)7-9-14/h6-9,12,15,20H,3-5,10-11H2,1-2H3,(H,24,25)(H,21,22,23)/t15-/m1/s1. The fraction of sp³-hybridized carbons (Fsp3) is 0.421. The number of thiazole rings is 1. The van der Waals surface area contributed by atoms with Gasteiger partial charge < -0.3 is 15.7 Å². The van der Waals surface area contributed by atoms with Gasteiger partial charge in [0.05, 0.1) is 12.1 Å². The molecule has 7 heteroatoms. The molecule has 2 rings (SSSR count). The second kappa shape index (κ2) is 10.0. The Bertz CT molecular complexity index is 728. The molecule has 1 atom stereocenters. The van der Waals surface area contributed by atoms with Crippen molar-refractivity contribution in [2.24, 2.45) is 0 Å². The molecule has 2 aromatic rings. The van der Waals surface area contributed by atoms with Crippen LogP contribution in [0.4, 0.5) is 5.13 Å². The number of nitrogens with zero attached hydrogens (tertiary/aromatic N) is 1. The third-order valence-electron chi connectivity index (χ3n) is 3.96. The molecule has 0 saturated carbocycles. The van der Waals surface area contributed by atoms with E-state index in [-0.39, 0.29) is 12.3 Å². The van der Waals surface area contributed by atoms with E-state index >= 15 is 0 Å². The van der Waals surface area contributed by atoms with Gasteiger partial charge in [0.1, 0.15) is 6.04 Å². The van der Waals surface area contributed by atoms with Crippen molar-refractivity contribution in [1.29, 1.82) is 0 Å². The zero-order valence-electron chi connectivity index (χ0n) is 15.1. The fourth-order valence-corrected chi connectivity index (χ4v) is 3.18. The van der Waals surface area contributed by atoms with E-state index in [0.29, 0.717) is 11.7 Å². The van der Waals surface area contributed by atoms with Crippen LogP contribution in [0.1, 0.15) is 38.2 Å². The first-order valence-corrected chi connectivity index (χ1v) is 9.66. The summed E-state index contributed by atoms with van der Waals surface area (Å²) in [5.74, 6) is -1.37. The number of aliphatic carboxylic acids is 1. The van der Waals surface area contributed by atoms with Crippen molar-refractivity contribution >= 4 is 28.3 Å². The maximum Gasteiger partial charge on any atom is 0.321 e. The molecule has 1 heterocycles. The Labute approximate surface area is 157 Å². The lowest BCUT2D eigenvalue weighted by molar-refractivity contribution is -0.141. The summed E-state index contributed by atoms with van der Waals surface area (Å²) >= 11 is 1.33. The number of amides is 1. The summed E-state index contributed by atoms with van der Waals surface area (Å²) in [6.07, 6.45) is 2.87. The third kappa shape index (κ3) is 6.24. The van der Waals surface area contributed by atoms with Crippen molar-refractivity contribution in [2.75, 3.05) is 11.9 Å². The highest BCUT2D eigenvalue weighted by atomic mass is 32.1. The molecule has 140 valence electrons. The number of hydrogen-bond acceptors (Lipinski definition) is 5. The summed E-state index contributed by atoms with van der Waals surface area (Å²) in [5, 5.41) is 17.2. The van der Waals surface area contributed by atoms with Crippen LogP contribution in [-0.4, -0.2) is 34.6 Å². The number of carbonyl (C=O) groups is 2. The smallest absolute Gasteiger partial charge is 0.321 e. The Morgan fingerprint density at radius 1 is 1.23 bits per heavy atom. The monoisotopic (exact) mass is 375 g/mol. The molecule has 0 spiro atoms. The van der Waals surface area contributed by atoms with Gasteiger partial charge >= 0.3 is 5.97 Å². The molecule has 1 aromatic heterocycles. The van der Waals surface area contributed by atoms with E-state index in [9.17, 15) is 14.7 Å². The van der Waals surface area contributed by atoms with Crippen LogP contribution in [0.2, 0.25) is 0 Å². The van der Waals surface area contributed by atoms with Crippen LogP contribution in [0, 0.1) is 6.92 Å². The molecule has 26 heavy (non-hydrogen) atoms. The Hall–Kier alpha value is -2.25. The minimum Gasteiger partial charge on any atom is -0.480 e. The second-order valence-electron chi connectivity index (χ2n) is 6.21. The first-order valence-electron chi connectivity index (χ1n) is 8.78. The zero-order chi connectivity index (χ0) is 18.9. The van der Waals surface area contributed by atoms with Gasteiger partial charge in [-0.25, -0.2) is 4.98 Å². The first-order chi connectivity index (χ1) is 12.5. The largest absolute Gasteiger partial charge is 0.480 e. The van der Waals surface area contributed by atoms with E-state index in [0.717, 1.165) is 30.5 Å². The van der Waals surface area contributed by atoms with Crippen molar-refractivity contribution in [1.82, 2.24) is 10.3 Å². The molecule has 1 amide bonds. The Balaban J connectivity index is 1.90. The highest BCUT2D eigenvalue weighted by Gasteiger charge is 2.21. The van der Waals surface area contributed by atoms with Gasteiger partial charge in [0.15, 0.2) is 5.13 Å². The average Bonchev–Trinajstić information content (AvgIpc) is 3.06. The number of aromatic nitrogens is 1. The van der Waals surface area contributed by atoms with Gasteiger partial charge in [0, 0.05) is 10.9 Å². The van der Waals surface area contributed by atoms with Gasteiger partial charge in [-0.1, -0.05) is 49.6 Å². The predicted octanol–water partition coefficient (Wildman–Crippen LogP) is 3.68. The molecule has 3 N–H and O–H groups in total. The van der Waals surface area contributed by atoms with E-state index in [1.807, 2.05) is 36.6 Å². The molecule has 0 fully saturated rings. The summed E-state index contributed by atoms with van der Waals surface area (Å²) < 4.78 is 0. The van der Waals surface area contributed by atoms with Gasteiger partial charge in [-0.15, -0.1) is 11.3 Å². The molecule has 0 bridgehead atoms. The Kier molecular flexibility index (Phi) is 7.74. The molecular weight excluding hydrogens is 350 g/mol. The molecule has 0 aliphatic carbocycles. The minimum atomic E-state index is -1.02. The van der Waals surface area contributed by atoms with Crippen LogP contribution < -0.4 is 10.6 Å². The molecule has 0 aliphatic heterocycles. The number of nitrogens with one attached hydrogen (secondary N) is 2. The van der Waals surface area contributed by atoms with Crippen LogP contribution in [-0.2, 0) is 9.59 Å². The molecule has 6 nitrogen and oxygen atoms in total. The highest BCUT2D eigenvalue weighted by molar-refractivity contribution is 7.14. The number of anilines is 1. The molecule has 0 aliphatic rings. The quantitative estimate of drug-likeness (QED) is 0.551. The normalized spacial score (nSPS) is 11.9. The van der Waals surface area contributed by atoms with E-state index in [1.165, 1.54) is 16.9 Å². The maximum atomic E-state index is 12.2. The highest BCUT2D eigenvalue weighted by Crippen LogP contribution is 2.25. The van der Waals surface area contributed by atoms with Crippen molar-refractivity contribution < 1.29 is 14.7 Å². The number of unbranched alkanes of at least 4 members (excludes halogenated alkanes) is 2. The zero-order valence-corrected chi connectivity index (χ0v) is 15.9. The molecule has 0 radical (unpaired) electrons. The summed E-state index contributed by atoms with van der Waals surface area (Å²) in [7, 11) is 0. The van der Waals surface area contributed by atoms with E-state index in [4.69, 9.17) is 0 Å². The Morgan fingerprint density at radius 3 is 2.62 bits per heavy atom. The SMILES string of the molecule is CCCCCN[C@H](CC(=O)Nc1nc(-c2ccc(C)cc2)cs1)C(=O)O. The van der Waals surface area contributed by atoms with Crippen molar-refractivity contribution in [3.05, 3.63) is 35.2 Å². The lowest BCUT2D eigenvalue weighted by atomic mass is 10.1. The van der Waals surface area contributed by atoms with Crippen molar-refractivity contribution in [2.45, 2.75) is 45.6 Å². The number of aryl methyl sites for hydroxylation is 1. The van der Waals surface area contributed by atoms with Crippen molar-refractivity contribution in [3.8, 4) is 11.3 Å². The Morgan fingerprint density at radius 2 is 1.96 bits per heavy atom. The lowest BCUT2D eigenvalue weighted by Crippen LogP contribution is -2.40. The van der Waals surface area contributed by atoms with Crippen LogP contribution >= 0.6 is 11.3 Å². The van der Waals surface area contributed by atoms with E-state index < -0.39 is 12.0 Å². The van der Waals surface area contributed by atoms with Gasteiger partial charge in [-0.05, 0) is 19.9 Å². The van der Waals surface area contributed by atoms with Gasteiger partial charge in [0.25, 0.3) is 0 Å². The third-order valence-corrected chi connectivity index (χ3v) is 4.71. The van der Waals surface area contributed by atoms with Gasteiger partial charge in [0.2, 0.25) is 5.91 Å². The van der Waals surface area contributed by atoms with Crippen molar-refractivity contribution in [3.63, 3.8) is 0 Å². The molecular formula is C19H25N3O3S. The predicted molar refractivity (Wildman–Crippen MR) is 104 cm³/mol. The van der Waals surface area contributed by atoms with Crippen LogP contribution in [0.3, 0.4) is 0 Å². The summed E-state index contributed by atoms with van der Waals surface area (Å²) in [6, 6.07) is 7.10. The van der Waals surface area contributed by atoms with E-state index in [2.05, 4.69) is 22.5 Å². The molecule has 1 aromatic carbocycles. The maximum absolute atomic E-state index is 12.2. The number of carbonyl (C=O) groups excluding carboxylic acids is 1. The van der Waals surface area contributed by atoms with Gasteiger partial charge in [-0.3, -0.25) is 9.59 Å². The number of hydrogen-bond donors (Lipinski definition) is 3. The minimum absolute atomic E-state index is 0.124. The average molecular weight is 375 g/mol. The molecule has 0 saturated heterocycles. The number of carboxylic acid groups (broad SMARTS) is 1. The van der Waals surface area contributed by atoms with E-state index in [1.54, 1.807) is 0 Å². The van der Waals surface area contributed by atoms with Gasteiger partial charge in [-0.2, -0.15) is 0 Å². The number of carboxylic acids is 1. The first kappa shape index (κ1) is 20.1. The van der Waals surface area contributed by atoms with Crippen LogP contribution in [0.15, 0.2) is 29.6 Å². The lowest BCUT2D eigenvalue weighted by Gasteiger charge is -2.13. The summed E-state index contributed by atoms with van der Waals surface area (Å²) in [6.45, 7) is 4.69. The summed E-state index contributed by atoms with van der Waals surface area (Å²) in [4.78, 5) is 27.9. The van der Waals surface area contributed by atoms with Crippen LogP contribution in [0.25, 0.3) is 11.3 Å². The topological polar surface area (TPSA) is 91.3 Å². The fourth-order valence-electron chi connectivity index (χ4n) is 2.44. The second-order valence-corrected chi connectivity index (χ2v) is 7.07.